The van der Waals surface area contributed by atoms with Gasteiger partial charge >= 0.3 is 8.32 Å². The van der Waals surface area contributed by atoms with Crippen LogP contribution in [0.4, 0.5) is 0 Å². The van der Waals surface area contributed by atoms with Crippen molar-refractivity contribution in [2.24, 2.45) is 0 Å². The number of hydrogen-bond donors (Lipinski definition) is 0. The van der Waals surface area contributed by atoms with Gasteiger partial charge in [0, 0.05) is 6.07 Å². The van der Waals surface area contributed by atoms with Crippen LogP contribution >= 0.6 is 15.9 Å². The van der Waals surface area contributed by atoms with Crippen LogP contribution in [-0.4, -0.2) is 8.32 Å². The first-order valence-electron chi connectivity index (χ1n) is 10.7. The van der Waals surface area contributed by atoms with Gasteiger partial charge in [-0.25, -0.2) is 0 Å². The van der Waals surface area contributed by atoms with Crippen molar-refractivity contribution in [1.29, 1.82) is 0 Å². The fourth-order valence-electron chi connectivity index (χ4n) is 4.07. The molecule has 0 saturated carbocycles. The Morgan fingerprint density at radius 2 is 1.12 bits per heavy atom. The molecule has 0 fully saturated rings. The van der Waals surface area contributed by atoms with Crippen LogP contribution in [-0.2, 0) is 0 Å². The molecule has 0 N–H and O–H groups in total. The third kappa shape index (κ3) is 4.52. The first-order valence-corrected chi connectivity index (χ1v) is 13.4. The van der Waals surface area contributed by atoms with Crippen molar-refractivity contribution >= 4 is 34.6 Å². The fourth-order valence-corrected chi connectivity index (χ4v) is 8.81. The van der Waals surface area contributed by atoms with Crippen molar-refractivity contribution < 1.29 is 9.16 Å². The lowest BCUT2D eigenvalue weighted by Gasteiger charge is -2.43. The smallest absolute Gasteiger partial charge is 0.319 e. The summed E-state index contributed by atoms with van der Waals surface area (Å²) >= 11 is 3.63. The van der Waals surface area contributed by atoms with Crippen molar-refractivity contribution in [1.82, 2.24) is 0 Å². The largest absolute Gasteiger partial charge is 0.534 e. The Hall–Kier alpha value is -2.82. The Morgan fingerprint density at radius 1 is 0.625 bits per heavy atom. The normalized spacial score (nSPS) is 11.8. The monoisotopic (exact) mass is 502 g/mol. The summed E-state index contributed by atoms with van der Waals surface area (Å²) in [5, 5.41) is 2.38. The summed E-state index contributed by atoms with van der Waals surface area (Å²) in [4.78, 5) is 0. The minimum absolute atomic E-state index is 0.108. The molecule has 0 spiro atoms. The number of rotatable bonds is 6. The molecule has 0 bridgehead atoms. The van der Waals surface area contributed by atoms with E-state index in [1.807, 2.05) is 48.5 Å². The molecule has 0 heterocycles. The molecule has 0 aliphatic carbocycles. The minimum atomic E-state index is -2.69. The van der Waals surface area contributed by atoms with Gasteiger partial charge in [-0.15, -0.1) is 0 Å². The lowest BCUT2D eigenvalue weighted by Crippen LogP contribution is -2.68. The first kappa shape index (κ1) is 22.4. The molecule has 162 valence electrons. The quantitative estimate of drug-likeness (QED) is 0.260. The summed E-state index contributed by atoms with van der Waals surface area (Å²) in [5.41, 5.74) is 0. The van der Waals surface area contributed by atoms with Gasteiger partial charge in [-0.05, 0) is 55.6 Å². The Kier molecular flexibility index (Phi) is 6.54. The maximum absolute atomic E-state index is 7.11. The summed E-state index contributed by atoms with van der Waals surface area (Å²) in [5.74, 6) is 2.32. The van der Waals surface area contributed by atoms with Gasteiger partial charge in [0.2, 0.25) is 0 Å². The Morgan fingerprint density at radius 3 is 1.62 bits per heavy atom. The molecule has 0 atom stereocenters. The Labute approximate surface area is 200 Å². The average Bonchev–Trinajstić information content (AvgIpc) is 2.80. The SMILES string of the molecule is CC(C)(C)[Si](Oc1ccc(Br)c(Oc2ccccc2)c1)(c1ccccc1)c1ccccc1. The van der Waals surface area contributed by atoms with Gasteiger partial charge in [0.05, 0.1) is 4.47 Å². The fraction of sp³-hybridized carbons (Fsp3) is 0.143. The zero-order chi connectivity index (χ0) is 22.6. The Bertz CT molecular complexity index is 1120. The lowest BCUT2D eigenvalue weighted by molar-refractivity contribution is 0.469. The van der Waals surface area contributed by atoms with Crippen molar-refractivity contribution in [2.45, 2.75) is 25.8 Å². The number of halogens is 1. The first-order chi connectivity index (χ1) is 15.4. The molecule has 0 radical (unpaired) electrons. The van der Waals surface area contributed by atoms with E-state index in [0.29, 0.717) is 0 Å². The Balaban J connectivity index is 1.83. The molecule has 4 aromatic rings. The molecule has 4 heteroatoms. The van der Waals surface area contributed by atoms with Gasteiger partial charge in [0.1, 0.15) is 17.2 Å². The predicted octanol–water partition coefficient (Wildman–Crippen LogP) is 7.18. The number of benzene rings is 4. The highest BCUT2D eigenvalue weighted by atomic mass is 79.9. The second-order valence-corrected chi connectivity index (χ2v) is 13.8. The molecule has 2 nitrogen and oxygen atoms in total. The minimum Gasteiger partial charge on any atom is -0.534 e. The van der Waals surface area contributed by atoms with Gasteiger partial charge < -0.3 is 9.16 Å². The molecule has 0 aliphatic rings. The zero-order valence-electron chi connectivity index (χ0n) is 18.6. The van der Waals surface area contributed by atoms with Crippen molar-refractivity contribution in [2.75, 3.05) is 0 Å². The predicted molar refractivity (Wildman–Crippen MR) is 139 cm³/mol. The number of ether oxygens (including phenoxy) is 1. The van der Waals surface area contributed by atoms with E-state index in [1.54, 1.807) is 0 Å². The average molecular weight is 504 g/mol. The van der Waals surface area contributed by atoms with E-state index < -0.39 is 8.32 Å². The molecule has 4 aromatic carbocycles. The third-order valence-corrected chi connectivity index (χ3v) is 11.2. The summed E-state index contributed by atoms with van der Waals surface area (Å²) in [7, 11) is -2.69. The second kappa shape index (κ2) is 9.35. The summed E-state index contributed by atoms with van der Waals surface area (Å²) in [6, 6.07) is 37.1. The van der Waals surface area contributed by atoms with Crippen LogP contribution in [0.3, 0.4) is 0 Å². The van der Waals surface area contributed by atoms with Gasteiger partial charge in [-0.1, -0.05) is 99.6 Å². The molecule has 0 amide bonds. The lowest BCUT2D eigenvalue weighted by atomic mass is 10.2. The topological polar surface area (TPSA) is 18.5 Å². The summed E-state index contributed by atoms with van der Waals surface area (Å²) in [6.45, 7) is 6.83. The van der Waals surface area contributed by atoms with Crippen LogP contribution in [0.15, 0.2) is 114 Å². The van der Waals surface area contributed by atoms with Crippen LogP contribution in [0.1, 0.15) is 20.8 Å². The molecule has 32 heavy (non-hydrogen) atoms. The standard InChI is InChI=1S/C28H27BrO2Si/c1-28(2,3)32(24-15-9-5-10-16-24,25-17-11-6-12-18-25)31-23-19-20-26(29)27(21-23)30-22-13-7-4-8-14-22/h4-21H,1-3H3. The maximum Gasteiger partial charge on any atom is 0.319 e. The van der Waals surface area contributed by atoms with E-state index in [4.69, 9.17) is 9.16 Å². The second-order valence-electron chi connectivity index (χ2n) is 8.77. The van der Waals surface area contributed by atoms with Crippen LogP contribution in [0.5, 0.6) is 17.2 Å². The number of para-hydroxylation sites is 1. The summed E-state index contributed by atoms with van der Waals surface area (Å²) < 4.78 is 14.1. The molecule has 0 saturated heterocycles. The maximum atomic E-state index is 7.11. The van der Waals surface area contributed by atoms with Gasteiger partial charge in [0.25, 0.3) is 0 Å². The third-order valence-electron chi connectivity index (χ3n) is 5.56. The zero-order valence-corrected chi connectivity index (χ0v) is 21.2. The van der Waals surface area contributed by atoms with Crippen LogP contribution in [0.25, 0.3) is 0 Å². The number of hydrogen-bond acceptors (Lipinski definition) is 2. The van der Waals surface area contributed by atoms with Crippen LogP contribution < -0.4 is 19.5 Å². The van der Waals surface area contributed by atoms with E-state index in [2.05, 4.69) is 97.4 Å². The molecule has 4 rings (SSSR count). The molecule has 0 unspecified atom stereocenters. The highest BCUT2D eigenvalue weighted by Crippen LogP contribution is 2.40. The van der Waals surface area contributed by atoms with E-state index in [9.17, 15) is 0 Å². The molecule has 0 aliphatic heterocycles. The van der Waals surface area contributed by atoms with Gasteiger partial charge in [-0.2, -0.15) is 0 Å². The van der Waals surface area contributed by atoms with Gasteiger partial charge in [-0.3, -0.25) is 0 Å². The highest BCUT2D eigenvalue weighted by molar-refractivity contribution is 9.10. The molecular formula is C28H27BrO2Si. The van der Waals surface area contributed by atoms with Crippen molar-refractivity contribution in [3.05, 3.63) is 114 Å². The van der Waals surface area contributed by atoms with E-state index in [1.165, 1.54) is 10.4 Å². The van der Waals surface area contributed by atoms with Crippen LogP contribution in [0.2, 0.25) is 5.04 Å². The summed E-state index contributed by atoms with van der Waals surface area (Å²) in [6.07, 6.45) is 0. The highest BCUT2D eigenvalue weighted by Gasteiger charge is 2.52. The molecular weight excluding hydrogens is 476 g/mol. The van der Waals surface area contributed by atoms with Gasteiger partial charge in [0.15, 0.2) is 0 Å². The van der Waals surface area contributed by atoms with Crippen molar-refractivity contribution in [3.8, 4) is 17.2 Å². The van der Waals surface area contributed by atoms with Crippen LogP contribution in [0, 0.1) is 0 Å². The van der Waals surface area contributed by atoms with E-state index in [0.717, 1.165) is 21.7 Å². The van der Waals surface area contributed by atoms with E-state index in [-0.39, 0.29) is 5.04 Å². The van der Waals surface area contributed by atoms with Crippen molar-refractivity contribution in [3.63, 3.8) is 0 Å². The molecule has 0 aromatic heterocycles. The van der Waals surface area contributed by atoms with E-state index >= 15 is 0 Å².